The number of allylic oxidation sites excluding steroid dienone is 1. The molecule has 0 unspecified atom stereocenters. The first-order valence-electron chi connectivity index (χ1n) is 10.3. The molecule has 1 aliphatic rings. The van der Waals surface area contributed by atoms with Crippen LogP contribution in [0.15, 0.2) is 82.5 Å². The summed E-state index contributed by atoms with van der Waals surface area (Å²) < 4.78 is 1.96. The number of carbonyl (C=O) groups is 1. The van der Waals surface area contributed by atoms with Crippen LogP contribution in [0, 0.1) is 0 Å². The Hall–Kier alpha value is -3.08. The standard InChI is InChI=1S/C23H20N6OS3/c1-2-11-28-22(16-7-9-24-10-8-16)25-26-23(28)33-15-21(30)29-18(20-6-4-13-32-20)14-17(27-29)19-5-3-12-31-19/h2-10,12-13,18H,1,11,14-15H2/t18-/m1/s1. The summed E-state index contributed by atoms with van der Waals surface area (Å²) in [7, 11) is 0. The highest BCUT2D eigenvalue weighted by Crippen LogP contribution is 2.36. The van der Waals surface area contributed by atoms with E-state index in [2.05, 4.69) is 33.9 Å². The molecular weight excluding hydrogens is 472 g/mol. The summed E-state index contributed by atoms with van der Waals surface area (Å²) in [4.78, 5) is 19.6. The van der Waals surface area contributed by atoms with Gasteiger partial charge in [0.05, 0.1) is 22.4 Å². The van der Waals surface area contributed by atoms with E-state index >= 15 is 0 Å². The van der Waals surface area contributed by atoms with Gasteiger partial charge >= 0.3 is 0 Å². The number of nitrogens with zero attached hydrogens (tertiary/aromatic N) is 6. The van der Waals surface area contributed by atoms with Crippen LogP contribution in [-0.4, -0.2) is 42.1 Å². The van der Waals surface area contributed by atoms with Gasteiger partial charge in [-0.25, -0.2) is 5.01 Å². The van der Waals surface area contributed by atoms with Gasteiger partial charge in [-0.1, -0.05) is 30.0 Å². The summed E-state index contributed by atoms with van der Waals surface area (Å²) >= 11 is 4.66. The molecule has 10 heteroatoms. The Labute approximate surface area is 203 Å². The van der Waals surface area contributed by atoms with E-state index in [0.717, 1.165) is 33.3 Å². The van der Waals surface area contributed by atoms with Crippen LogP contribution in [0.1, 0.15) is 22.2 Å². The third-order valence-electron chi connectivity index (χ3n) is 5.13. The number of thioether (sulfide) groups is 1. The second-order valence-electron chi connectivity index (χ2n) is 7.23. The monoisotopic (exact) mass is 492 g/mol. The molecule has 0 radical (unpaired) electrons. The van der Waals surface area contributed by atoms with Crippen molar-refractivity contribution in [2.24, 2.45) is 5.10 Å². The molecule has 166 valence electrons. The summed E-state index contributed by atoms with van der Waals surface area (Å²) in [6.45, 7) is 4.40. The molecule has 0 saturated carbocycles. The SMILES string of the molecule is C=CCn1c(SCC(=O)N2N=C(c3cccs3)C[C@@H]2c2cccs2)nnc1-c1ccncc1. The lowest BCUT2D eigenvalue weighted by Crippen LogP contribution is -2.28. The Bertz CT molecular complexity index is 1270. The van der Waals surface area contributed by atoms with Crippen LogP contribution in [0.2, 0.25) is 0 Å². The molecule has 0 bridgehead atoms. The van der Waals surface area contributed by atoms with Gasteiger partial charge in [-0.2, -0.15) is 5.10 Å². The van der Waals surface area contributed by atoms with E-state index in [1.54, 1.807) is 46.2 Å². The van der Waals surface area contributed by atoms with Gasteiger partial charge in [0.15, 0.2) is 11.0 Å². The molecular formula is C23H20N6OS3. The Morgan fingerprint density at radius 2 is 1.97 bits per heavy atom. The van der Waals surface area contributed by atoms with Gasteiger partial charge < -0.3 is 0 Å². The molecule has 5 heterocycles. The highest BCUT2D eigenvalue weighted by Gasteiger charge is 2.34. The van der Waals surface area contributed by atoms with E-state index in [0.29, 0.717) is 11.7 Å². The van der Waals surface area contributed by atoms with Crippen LogP contribution >= 0.6 is 34.4 Å². The van der Waals surface area contributed by atoms with Crippen LogP contribution in [0.25, 0.3) is 11.4 Å². The van der Waals surface area contributed by atoms with Crippen molar-refractivity contribution in [2.75, 3.05) is 5.75 Å². The maximum absolute atomic E-state index is 13.3. The number of hydrazone groups is 1. The Morgan fingerprint density at radius 1 is 1.15 bits per heavy atom. The van der Waals surface area contributed by atoms with Gasteiger partial charge in [0, 0.05) is 35.8 Å². The van der Waals surface area contributed by atoms with Crippen molar-refractivity contribution < 1.29 is 4.79 Å². The summed E-state index contributed by atoms with van der Waals surface area (Å²) in [5, 5.41) is 19.8. The zero-order chi connectivity index (χ0) is 22.6. The zero-order valence-electron chi connectivity index (χ0n) is 17.6. The summed E-state index contributed by atoms with van der Waals surface area (Å²) in [5.41, 5.74) is 1.87. The third-order valence-corrected chi connectivity index (χ3v) is 7.98. The van der Waals surface area contributed by atoms with Crippen molar-refractivity contribution in [3.63, 3.8) is 0 Å². The van der Waals surface area contributed by atoms with Crippen molar-refractivity contribution >= 4 is 46.1 Å². The van der Waals surface area contributed by atoms with Gasteiger partial charge in [0.1, 0.15) is 0 Å². The van der Waals surface area contributed by atoms with E-state index in [1.165, 1.54) is 11.8 Å². The fraction of sp³-hybridized carbons (Fsp3) is 0.174. The lowest BCUT2D eigenvalue weighted by Gasteiger charge is -2.20. The molecule has 0 fully saturated rings. The number of pyridine rings is 1. The van der Waals surface area contributed by atoms with Gasteiger partial charge in [0.25, 0.3) is 5.91 Å². The number of rotatable bonds is 8. The van der Waals surface area contributed by atoms with E-state index in [4.69, 9.17) is 5.10 Å². The van der Waals surface area contributed by atoms with E-state index in [9.17, 15) is 4.79 Å². The molecule has 1 aliphatic heterocycles. The fourth-order valence-corrected chi connectivity index (χ4v) is 5.96. The molecule has 4 aromatic heterocycles. The van der Waals surface area contributed by atoms with Crippen molar-refractivity contribution in [2.45, 2.75) is 24.2 Å². The average Bonchev–Trinajstić information content (AvgIpc) is 3.64. The molecule has 4 aromatic rings. The largest absolute Gasteiger partial charge is 0.298 e. The highest BCUT2D eigenvalue weighted by molar-refractivity contribution is 7.99. The molecule has 0 spiro atoms. The number of aromatic nitrogens is 4. The van der Waals surface area contributed by atoms with Crippen molar-refractivity contribution in [1.29, 1.82) is 0 Å². The summed E-state index contributed by atoms with van der Waals surface area (Å²) in [6.07, 6.45) is 5.96. The predicted molar refractivity (Wildman–Crippen MR) is 134 cm³/mol. The number of amides is 1. The van der Waals surface area contributed by atoms with E-state index < -0.39 is 0 Å². The van der Waals surface area contributed by atoms with Crippen molar-refractivity contribution in [3.05, 3.63) is 82.0 Å². The molecule has 0 N–H and O–H groups in total. The first kappa shape index (κ1) is 21.7. The van der Waals surface area contributed by atoms with Crippen LogP contribution in [-0.2, 0) is 11.3 Å². The third kappa shape index (κ3) is 4.54. The second kappa shape index (κ2) is 9.82. The minimum Gasteiger partial charge on any atom is -0.298 e. The van der Waals surface area contributed by atoms with Crippen molar-refractivity contribution in [1.82, 2.24) is 24.8 Å². The van der Waals surface area contributed by atoms with Gasteiger partial charge in [-0.3, -0.25) is 14.3 Å². The molecule has 1 amide bonds. The topological polar surface area (TPSA) is 76.3 Å². The highest BCUT2D eigenvalue weighted by atomic mass is 32.2. The Balaban J connectivity index is 1.36. The molecule has 0 aromatic carbocycles. The molecule has 7 nitrogen and oxygen atoms in total. The average molecular weight is 493 g/mol. The molecule has 0 aliphatic carbocycles. The molecule has 5 rings (SSSR count). The minimum absolute atomic E-state index is 0.0522. The number of thiophene rings is 2. The van der Waals surface area contributed by atoms with Gasteiger partial charge in [0.2, 0.25) is 0 Å². The van der Waals surface area contributed by atoms with E-state index in [-0.39, 0.29) is 17.7 Å². The molecule has 1 atom stereocenters. The predicted octanol–water partition coefficient (Wildman–Crippen LogP) is 5.12. The Kier molecular flexibility index (Phi) is 6.47. The van der Waals surface area contributed by atoms with Crippen molar-refractivity contribution in [3.8, 4) is 11.4 Å². The van der Waals surface area contributed by atoms with Crippen LogP contribution in [0.3, 0.4) is 0 Å². The van der Waals surface area contributed by atoms with Crippen LogP contribution in [0.4, 0.5) is 0 Å². The molecule has 33 heavy (non-hydrogen) atoms. The number of hydrogen-bond donors (Lipinski definition) is 0. The van der Waals surface area contributed by atoms with Gasteiger partial charge in [-0.15, -0.1) is 39.4 Å². The number of carbonyl (C=O) groups excluding carboxylic acids is 1. The minimum atomic E-state index is -0.0753. The number of hydrogen-bond acceptors (Lipinski definition) is 8. The van der Waals surface area contributed by atoms with Gasteiger partial charge in [-0.05, 0) is 35.0 Å². The smallest absolute Gasteiger partial charge is 0.253 e. The first-order chi connectivity index (χ1) is 16.2. The zero-order valence-corrected chi connectivity index (χ0v) is 20.0. The molecule has 0 saturated heterocycles. The summed E-state index contributed by atoms with van der Waals surface area (Å²) in [6, 6.07) is 11.8. The lowest BCUT2D eigenvalue weighted by atomic mass is 10.1. The maximum Gasteiger partial charge on any atom is 0.253 e. The van der Waals surface area contributed by atoms with E-state index in [1.807, 2.05) is 39.6 Å². The van der Waals surface area contributed by atoms with Crippen LogP contribution in [0.5, 0.6) is 0 Å². The quantitative estimate of drug-likeness (QED) is 0.252. The fourth-order valence-electron chi connectivity index (χ4n) is 3.63. The summed E-state index contributed by atoms with van der Waals surface area (Å²) in [5.74, 6) is 0.890. The van der Waals surface area contributed by atoms with Crippen LogP contribution < -0.4 is 0 Å². The Morgan fingerprint density at radius 3 is 2.70 bits per heavy atom. The first-order valence-corrected chi connectivity index (χ1v) is 13.0. The maximum atomic E-state index is 13.3. The lowest BCUT2D eigenvalue weighted by molar-refractivity contribution is -0.130. The second-order valence-corrected chi connectivity index (χ2v) is 10.1. The normalized spacial score (nSPS) is 15.6.